The molecule has 0 unspecified atom stereocenters. The summed E-state index contributed by atoms with van der Waals surface area (Å²) in [5.41, 5.74) is 1.21. The number of rotatable bonds is 8. The van der Waals surface area contributed by atoms with Crippen LogP contribution in [-0.4, -0.2) is 39.9 Å². The third-order valence-corrected chi connectivity index (χ3v) is 5.00. The number of fused-ring (bicyclic) bond motifs is 1. The van der Waals surface area contributed by atoms with Crippen molar-refractivity contribution < 1.29 is 0 Å². The van der Waals surface area contributed by atoms with Crippen molar-refractivity contribution in [2.24, 2.45) is 4.99 Å². The fraction of sp³-hybridized carbons (Fsp3) is 0.550. The molecule has 1 aliphatic heterocycles. The van der Waals surface area contributed by atoms with E-state index in [1.807, 2.05) is 29.7 Å². The molecule has 8 heteroatoms. The molecule has 0 spiro atoms. The number of benzene rings is 1. The van der Waals surface area contributed by atoms with Gasteiger partial charge in [-0.25, -0.2) is 9.48 Å². The van der Waals surface area contributed by atoms with Crippen LogP contribution in [0.1, 0.15) is 37.6 Å². The van der Waals surface area contributed by atoms with E-state index in [2.05, 4.69) is 26.8 Å². The molecule has 2 aromatic rings. The minimum Gasteiger partial charge on any atom is -0.357 e. The lowest BCUT2D eigenvalue weighted by atomic mass is 10.1. The molecule has 0 fully saturated rings. The molecular formula is C20H29ClN6O. The zero-order valence-corrected chi connectivity index (χ0v) is 17.2. The molecule has 0 bridgehead atoms. The van der Waals surface area contributed by atoms with E-state index in [0.29, 0.717) is 13.1 Å². The molecule has 0 saturated heterocycles. The summed E-state index contributed by atoms with van der Waals surface area (Å²) < 4.78 is 3.41. The Balaban J connectivity index is 1.46. The van der Waals surface area contributed by atoms with Crippen LogP contribution in [0.3, 0.4) is 0 Å². The van der Waals surface area contributed by atoms with Crippen LogP contribution in [0.2, 0.25) is 5.02 Å². The number of nitrogens with one attached hydrogen (secondary N) is 2. The van der Waals surface area contributed by atoms with Crippen molar-refractivity contribution in [1.82, 2.24) is 25.0 Å². The summed E-state index contributed by atoms with van der Waals surface area (Å²) >= 11 is 6.03. The molecule has 0 aliphatic carbocycles. The van der Waals surface area contributed by atoms with Crippen molar-refractivity contribution in [3.63, 3.8) is 0 Å². The topological polar surface area (TPSA) is 76.2 Å². The number of hydrogen-bond donors (Lipinski definition) is 2. The highest BCUT2D eigenvalue weighted by Crippen LogP contribution is 2.11. The molecule has 7 nitrogen and oxygen atoms in total. The normalized spacial score (nSPS) is 14.0. The van der Waals surface area contributed by atoms with Gasteiger partial charge in [0.15, 0.2) is 5.96 Å². The van der Waals surface area contributed by atoms with Crippen molar-refractivity contribution >= 4 is 17.6 Å². The second-order valence-corrected chi connectivity index (χ2v) is 7.39. The van der Waals surface area contributed by atoms with Gasteiger partial charge in [-0.3, -0.25) is 9.56 Å². The van der Waals surface area contributed by atoms with Crippen molar-refractivity contribution in [1.29, 1.82) is 0 Å². The van der Waals surface area contributed by atoms with Crippen LogP contribution >= 0.6 is 11.6 Å². The molecule has 1 aromatic heterocycles. The van der Waals surface area contributed by atoms with Crippen LogP contribution in [0.15, 0.2) is 34.1 Å². The Labute approximate surface area is 170 Å². The Morgan fingerprint density at radius 2 is 2.21 bits per heavy atom. The van der Waals surface area contributed by atoms with Gasteiger partial charge in [0, 0.05) is 44.2 Å². The van der Waals surface area contributed by atoms with Gasteiger partial charge in [0.2, 0.25) is 0 Å². The predicted octanol–water partition coefficient (Wildman–Crippen LogP) is 2.22. The van der Waals surface area contributed by atoms with Crippen molar-refractivity contribution in [2.75, 3.05) is 19.6 Å². The first-order valence-corrected chi connectivity index (χ1v) is 10.5. The quantitative estimate of drug-likeness (QED) is 0.402. The zero-order valence-electron chi connectivity index (χ0n) is 16.5. The maximum absolute atomic E-state index is 12.3. The molecule has 152 valence electrons. The van der Waals surface area contributed by atoms with Gasteiger partial charge in [-0.15, -0.1) is 0 Å². The number of halogens is 1. The van der Waals surface area contributed by atoms with E-state index in [9.17, 15) is 4.79 Å². The molecule has 28 heavy (non-hydrogen) atoms. The molecule has 1 aromatic carbocycles. The Morgan fingerprint density at radius 1 is 1.32 bits per heavy atom. The Kier molecular flexibility index (Phi) is 7.54. The zero-order chi connectivity index (χ0) is 19.8. The molecule has 1 aliphatic rings. The minimum absolute atomic E-state index is 0.0187. The fourth-order valence-corrected chi connectivity index (χ4v) is 3.58. The highest BCUT2D eigenvalue weighted by Gasteiger charge is 2.16. The Hall–Kier alpha value is -2.28. The molecular weight excluding hydrogens is 376 g/mol. The van der Waals surface area contributed by atoms with Crippen LogP contribution in [-0.2, 0) is 25.9 Å². The van der Waals surface area contributed by atoms with Crippen LogP contribution in [0.5, 0.6) is 0 Å². The predicted molar refractivity (Wildman–Crippen MR) is 113 cm³/mol. The third-order valence-electron chi connectivity index (χ3n) is 4.77. The van der Waals surface area contributed by atoms with Gasteiger partial charge in [-0.2, -0.15) is 5.10 Å². The number of aliphatic imine (C=N–C) groups is 1. The highest BCUT2D eigenvalue weighted by atomic mass is 35.5. The molecule has 2 heterocycles. The number of hydrogen-bond acceptors (Lipinski definition) is 3. The molecule has 0 amide bonds. The lowest BCUT2D eigenvalue weighted by Gasteiger charge is -2.11. The smallest absolute Gasteiger partial charge is 0.345 e. The van der Waals surface area contributed by atoms with Gasteiger partial charge in [0.1, 0.15) is 5.82 Å². The number of nitrogens with zero attached hydrogens (tertiary/aromatic N) is 4. The van der Waals surface area contributed by atoms with Crippen LogP contribution < -0.4 is 16.3 Å². The molecule has 0 atom stereocenters. The average molecular weight is 405 g/mol. The fourth-order valence-electron chi connectivity index (χ4n) is 3.36. The second kappa shape index (κ2) is 10.3. The van der Waals surface area contributed by atoms with Crippen molar-refractivity contribution in [3.05, 3.63) is 51.2 Å². The van der Waals surface area contributed by atoms with Gasteiger partial charge in [0.05, 0.1) is 0 Å². The summed E-state index contributed by atoms with van der Waals surface area (Å²) in [6.45, 7) is 5.66. The van der Waals surface area contributed by atoms with Gasteiger partial charge in [-0.05, 0) is 50.3 Å². The summed E-state index contributed by atoms with van der Waals surface area (Å²) in [5.74, 6) is 1.72. The first-order chi connectivity index (χ1) is 13.7. The number of aryl methyl sites for hydroxylation is 2. The van der Waals surface area contributed by atoms with Crippen LogP contribution in [0, 0.1) is 0 Å². The van der Waals surface area contributed by atoms with Crippen molar-refractivity contribution in [2.45, 2.75) is 52.1 Å². The largest absolute Gasteiger partial charge is 0.357 e. The third kappa shape index (κ3) is 5.61. The number of guanidine groups is 1. The lowest BCUT2D eigenvalue weighted by Crippen LogP contribution is -2.38. The van der Waals surface area contributed by atoms with Gasteiger partial charge in [-0.1, -0.05) is 23.7 Å². The van der Waals surface area contributed by atoms with E-state index < -0.39 is 0 Å². The molecule has 0 radical (unpaired) electrons. The van der Waals surface area contributed by atoms with E-state index >= 15 is 0 Å². The minimum atomic E-state index is 0.0187. The van der Waals surface area contributed by atoms with E-state index in [1.165, 1.54) is 5.56 Å². The monoisotopic (exact) mass is 404 g/mol. The maximum atomic E-state index is 12.3. The average Bonchev–Trinajstić information content (AvgIpc) is 3.01. The van der Waals surface area contributed by atoms with Gasteiger partial charge < -0.3 is 10.6 Å². The Morgan fingerprint density at radius 3 is 3.00 bits per heavy atom. The SMILES string of the molecule is CCNC(=NCCCn1nc2n(c1=O)CCCC2)NCCc1cccc(Cl)c1. The Bertz CT molecular complexity index is 857. The summed E-state index contributed by atoms with van der Waals surface area (Å²) in [5, 5.41) is 11.8. The second-order valence-electron chi connectivity index (χ2n) is 6.95. The molecule has 3 rings (SSSR count). The summed E-state index contributed by atoms with van der Waals surface area (Å²) in [6, 6.07) is 7.90. The molecule has 2 N–H and O–H groups in total. The number of aromatic nitrogens is 3. The summed E-state index contributed by atoms with van der Waals surface area (Å²) in [7, 11) is 0. The van der Waals surface area contributed by atoms with Crippen LogP contribution in [0.25, 0.3) is 0 Å². The van der Waals surface area contributed by atoms with Crippen molar-refractivity contribution in [3.8, 4) is 0 Å². The van der Waals surface area contributed by atoms with E-state index in [1.54, 1.807) is 4.68 Å². The molecule has 0 saturated carbocycles. The first-order valence-electron chi connectivity index (χ1n) is 10.1. The van der Waals surface area contributed by atoms with E-state index in [0.717, 1.165) is 68.5 Å². The van der Waals surface area contributed by atoms with Gasteiger partial charge in [0.25, 0.3) is 0 Å². The summed E-state index contributed by atoms with van der Waals surface area (Å²) in [6.07, 6.45) is 4.74. The first kappa shape index (κ1) is 20.5. The van der Waals surface area contributed by atoms with Crippen LogP contribution in [0.4, 0.5) is 0 Å². The standard InChI is InChI=1S/C20H29ClN6O/c1-2-22-19(24-12-10-16-7-5-8-17(21)15-16)23-11-6-14-27-20(28)26-13-4-3-9-18(26)25-27/h5,7-8,15H,2-4,6,9-14H2,1H3,(H2,22,23,24). The maximum Gasteiger partial charge on any atom is 0.345 e. The lowest BCUT2D eigenvalue weighted by molar-refractivity contribution is 0.509. The summed E-state index contributed by atoms with van der Waals surface area (Å²) in [4.78, 5) is 16.9. The highest BCUT2D eigenvalue weighted by molar-refractivity contribution is 6.30. The van der Waals surface area contributed by atoms with E-state index in [4.69, 9.17) is 11.6 Å². The van der Waals surface area contributed by atoms with E-state index in [-0.39, 0.29) is 5.69 Å². The van der Waals surface area contributed by atoms with Gasteiger partial charge >= 0.3 is 5.69 Å².